The summed E-state index contributed by atoms with van der Waals surface area (Å²) < 4.78 is 2.44. The van der Waals surface area contributed by atoms with Crippen LogP contribution < -0.4 is 5.56 Å². The summed E-state index contributed by atoms with van der Waals surface area (Å²) in [6, 6.07) is 8.03. The predicted octanol–water partition coefficient (Wildman–Crippen LogP) is 3.79. The number of thiophene rings is 1. The van der Waals surface area contributed by atoms with Crippen LogP contribution in [0.2, 0.25) is 0 Å². The molecule has 0 unspecified atom stereocenters. The summed E-state index contributed by atoms with van der Waals surface area (Å²) in [7, 11) is 0. The van der Waals surface area contributed by atoms with Crippen molar-refractivity contribution in [3.63, 3.8) is 0 Å². The third-order valence-electron chi connectivity index (χ3n) is 3.24. The fraction of sp³-hybridized carbons (Fsp3) is 0.200. The molecule has 0 N–H and O–H groups in total. The van der Waals surface area contributed by atoms with E-state index in [0.29, 0.717) is 4.70 Å². The predicted molar refractivity (Wildman–Crippen MR) is 86.5 cm³/mol. The van der Waals surface area contributed by atoms with Crippen molar-refractivity contribution in [2.45, 2.75) is 19.0 Å². The Bertz CT molecular complexity index is 849. The molecule has 3 nitrogen and oxygen atoms in total. The average molecular weight is 302 g/mol. The molecule has 3 rings (SSSR count). The lowest BCUT2D eigenvalue weighted by Gasteiger charge is -2.13. The molecule has 102 valence electrons. The molecule has 0 saturated carbocycles. The highest BCUT2D eigenvalue weighted by atomic mass is 32.2. The van der Waals surface area contributed by atoms with Gasteiger partial charge in [-0.2, -0.15) is 0 Å². The fourth-order valence-electron chi connectivity index (χ4n) is 2.20. The maximum absolute atomic E-state index is 12.8. The molecule has 1 aromatic carbocycles. The Morgan fingerprint density at radius 3 is 2.80 bits per heavy atom. The van der Waals surface area contributed by atoms with Crippen molar-refractivity contribution in [3.05, 3.63) is 51.1 Å². The number of benzene rings is 1. The minimum atomic E-state index is 0.0167. The molecule has 0 aliphatic heterocycles. The van der Waals surface area contributed by atoms with E-state index in [1.807, 2.05) is 43.7 Å². The van der Waals surface area contributed by atoms with E-state index in [1.54, 1.807) is 4.57 Å². The first-order valence-corrected chi connectivity index (χ1v) is 8.34. The monoisotopic (exact) mass is 302 g/mol. The second-order valence-electron chi connectivity index (χ2n) is 4.66. The molecular weight excluding hydrogens is 288 g/mol. The Kier molecular flexibility index (Phi) is 3.40. The molecule has 2 aromatic heterocycles. The van der Waals surface area contributed by atoms with Gasteiger partial charge in [-0.15, -0.1) is 11.3 Å². The standard InChI is InChI=1S/C15H14N2OS2/c1-9-4-5-10(2)12(8-9)17-14(18)13-11(6-7-20-13)16-15(17)19-3/h4-8H,1-3H3. The molecule has 0 saturated heterocycles. The van der Waals surface area contributed by atoms with Gasteiger partial charge in [0.05, 0.1) is 11.2 Å². The van der Waals surface area contributed by atoms with Crippen LogP contribution in [0.4, 0.5) is 0 Å². The van der Waals surface area contributed by atoms with Crippen LogP contribution in [-0.2, 0) is 0 Å². The molecular formula is C15H14N2OS2. The lowest BCUT2D eigenvalue weighted by atomic mass is 10.1. The van der Waals surface area contributed by atoms with Gasteiger partial charge >= 0.3 is 0 Å². The molecule has 0 bridgehead atoms. The third kappa shape index (κ3) is 2.07. The number of aryl methyl sites for hydroxylation is 2. The van der Waals surface area contributed by atoms with E-state index in [1.165, 1.54) is 23.1 Å². The van der Waals surface area contributed by atoms with E-state index in [9.17, 15) is 4.79 Å². The number of thioether (sulfide) groups is 1. The molecule has 20 heavy (non-hydrogen) atoms. The maximum atomic E-state index is 12.8. The highest BCUT2D eigenvalue weighted by molar-refractivity contribution is 7.98. The third-order valence-corrected chi connectivity index (χ3v) is 4.77. The van der Waals surface area contributed by atoms with Gasteiger partial charge in [-0.25, -0.2) is 4.98 Å². The Morgan fingerprint density at radius 2 is 2.05 bits per heavy atom. The van der Waals surface area contributed by atoms with E-state index >= 15 is 0 Å². The van der Waals surface area contributed by atoms with Gasteiger partial charge in [0.2, 0.25) is 0 Å². The van der Waals surface area contributed by atoms with Gasteiger partial charge in [-0.1, -0.05) is 23.9 Å². The second-order valence-corrected chi connectivity index (χ2v) is 6.35. The number of hydrogen-bond acceptors (Lipinski definition) is 4. The van der Waals surface area contributed by atoms with E-state index in [2.05, 4.69) is 11.1 Å². The van der Waals surface area contributed by atoms with Crippen LogP contribution in [0.15, 0.2) is 39.6 Å². The Morgan fingerprint density at radius 1 is 1.25 bits per heavy atom. The van der Waals surface area contributed by atoms with Crippen molar-refractivity contribution < 1.29 is 0 Å². The van der Waals surface area contributed by atoms with Crippen LogP contribution in [-0.4, -0.2) is 15.8 Å². The summed E-state index contributed by atoms with van der Waals surface area (Å²) >= 11 is 2.94. The smallest absolute Gasteiger partial charge is 0.267 e. The van der Waals surface area contributed by atoms with E-state index < -0.39 is 0 Å². The quantitative estimate of drug-likeness (QED) is 0.533. The highest BCUT2D eigenvalue weighted by Crippen LogP contribution is 2.24. The normalized spacial score (nSPS) is 11.2. The number of aromatic nitrogens is 2. The number of nitrogens with zero attached hydrogens (tertiary/aromatic N) is 2. The molecule has 0 spiro atoms. The van der Waals surface area contributed by atoms with Crippen molar-refractivity contribution >= 4 is 33.3 Å². The van der Waals surface area contributed by atoms with Gasteiger partial charge < -0.3 is 0 Å². The van der Waals surface area contributed by atoms with Crippen molar-refractivity contribution in [1.82, 2.24) is 9.55 Å². The molecule has 0 aliphatic carbocycles. The molecule has 3 aromatic rings. The Hall–Kier alpha value is -1.59. The van der Waals surface area contributed by atoms with Crippen LogP contribution >= 0.6 is 23.1 Å². The Balaban J connectivity index is 2.42. The van der Waals surface area contributed by atoms with E-state index in [0.717, 1.165) is 27.5 Å². The van der Waals surface area contributed by atoms with E-state index in [-0.39, 0.29) is 5.56 Å². The summed E-state index contributed by atoms with van der Waals surface area (Å²) in [5.41, 5.74) is 3.93. The van der Waals surface area contributed by atoms with Crippen LogP contribution in [0, 0.1) is 13.8 Å². The van der Waals surface area contributed by atoms with Crippen LogP contribution in [0.3, 0.4) is 0 Å². The summed E-state index contributed by atoms with van der Waals surface area (Å²) in [6.07, 6.45) is 1.95. The first kappa shape index (κ1) is 13.4. The highest BCUT2D eigenvalue weighted by Gasteiger charge is 2.14. The topological polar surface area (TPSA) is 34.9 Å². The zero-order chi connectivity index (χ0) is 14.3. The molecule has 0 amide bonds. The Labute approximate surface area is 125 Å². The van der Waals surface area contributed by atoms with Gasteiger partial charge in [-0.3, -0.25) is 9.36 Å². The lowest BCUT2D eigenvalue weighted by Crippen LogP contribution is -2.21. The van der Waals surface area contributed by atoms with Crippen molar-refractivity contribution in [3.8, 4) is 5.69 Å². The van der Waals surface area contributed by atoms with Crippen LogP contribution in [0.25, 0.3) is 15.9 Å². The van der Waals surface area contributed by atoms with Crippen LogP contribution in [0.5, 0.6) is 0 Å². The largest absolute Gasteiger partial charge is 0.276 e. The van der Waals surface area contributed by atoms with Crippen LogP contribution in [0.1, 0.15) is 11.1 Å². The summed E-state index contributed by atoms with van der Waals surface area (Å²) in [4.78, 5) is 17.4. The van der Waals surface area contributed by atoms with Crippen molar-refractivity contribution in [1.29, 1.82) is 0 Å². The lowest BCUT2D eigenvalue weighted by molar-refractivity contribution is 0.817. The van der Waals surface area contributed by atoms with Gasteiger partial charge in [0.1, 0.15) is 4.70 Å². The van der Waals surface area contributed by atoms with E-state index in [4.69, 9.17) is 0 Å². The molecule has 0 atom stereocenters. The summed E-state index contributed by atoms with van der Waals surface area (Å²) in [6.45, 7) is 4.05. The van der Waals surface area contributed by atoms with Crippen molar-refractivity contribution in [2.24, 2.45) is 0 Å². The number of fused-ring (bicyclic) bond motifs is 1. The van der Waals surface area contributed by atoms with Gasteiger partial charge in [-0.05, 0) is 48.7 Å². The zero-order valence-electron chi connectivity index (χ0n) is 11.5. The molecule has 5 heteroatoms. The molecule has 0 aliphatic rings. The first-order valence-electron chi connectivity index (χ1n) is 6.23. The maximum Gasteiger partial charge on any atom is 0.276 e. The zero-order valence-corrected chi connectivity index (χ0v) is 13.1. The van der Waals surface area contributed by atoms with Gasteiger partial charge in [0.15, 0.2) is 5.16 Å². The molecule has 2 heterocycles. The second kappa shape index (κ2) is 5.07. The SMILES string of the molecule is CSc1nc2ccsc2c(=O)n1-c1cc(C)ccc1C. The van der Waals surface area contributed by atoms with Crippen molar-refractivity contribution in [2.75, 3.05) is 6.26 Å². The average Bonchev–Trinajstić information content (AvgIpc) is 2.90. The summed E-state index contributed by atoms with van der Waals surface area (Å²) in [5, 5.41) is 2.64. The molecule has 0 radical (unpaired) electrons. The molecule has 0 fully saturated rings. The fourth-order valence-corrected chi connectivity index (χ4v) is 3.51. The van der Waals surface area contributed by atoms with Gasteiger partial charge in [0.25, 0.3) is 5.56 Å². The number of rotatable bonds is 2. The number of hydrogen-bond donors (Lipinski definition) is 0. The minimum Gasteiger partial charge on any atom is -0.267 e. The first-order chi connectivity index (χ1) is 9.61. The minimum absolute atomic E-state index is 0.0167. The summed E-state index contributed by atoms with van der Waals surface area (Å²) in [5.74, 6) is 0. The van der Waals surface area contributed by atoms with Gasteiger partial charge in [0, 0.05) is 0 Å².